The average molecular weight is 467 g/mol. The molecule has 0 saturated carbocycles. The van der Waals surface area contributed by atoms with E-state index in [0.717, 1.165) is 16.4 Å². The van der Waals surface area contributed by atoms with Gasteiger partial charge in [-0.2, -0.15) is 8.99 Å². The highest BCUT2D eigenvalue weighted by Crippen LogP contribution is 2.23. The van der Waals surface area contributed by atoms with E-state index in [1.165, 1.54) is 10.7 Å². The molecule has 0 unspecified atom stereocenters. The first-order valence-electron chi connectivity index (χ1n) is 9.32. The maximum atomic E-state index is 14.0. The van der Waals surface area contributed by atoms with Crippen molar-refractivity contribution in [1.29, 1.82) is 0 Å². The Bertz CT molecular complexity index is 1270. The van der Waals surface area contributed by atoms with Crippen molar-refractivity contribution in [3.63, 3.8) is 0 Å². The summed E-state index contributed by atoms with van der Waals surface area (Å²) in [6.07, 6.45) is 0. The number of anilines is 1. The van der Waals surface area contributed by atoms with E-state index in [-0.39, 0.29) is 31.7 Å². The van der Waals surface area contributed by atoms with E-state index in [9.17, 15) is 22.0 Å². The summed E-state index contributed by atoms with van der Waals surface area (Å²) in [6.45, 7) is 0.643. The zero-order valence-electron chi connectivity index (χ0n) is 16.1. The average Bonchev–Trinajstić information content (AvgIpc) is 2.76. The molecule has 7 nitrogen and oxygen atoms in total. The van der Waals surface area contributed by atoms with Crippen LogP contribution in [0.25, 0.3) is 5.69 Å². The SMILES string of the molecule is O=c1ccc(N2CCN(S(=O)(=O)c3cc(F)ccc3F)CC2)nn1-c1ccc(Cl)cc1. The monoisotopic (exact) mass is 466 g/mol. The Balaban J connectivity index is 1.54. The molecule has 1 fully saturated rings. The summed E-state index contributed by atoms with van der Waals surface area (Å²) in [7, 11) is -4.18. The normalized spacial score (nSPS) is 15.3. The van der Waals surface area contributed by atoms with Gasteiger partial charge in [-0.05, 0) is 48.5 Å². The molecular formula is C20H17ClF2N4O3S. The van der Waals surface area contributed by atoms with Gasteiger partial charge >= 0.3 is 0 Å². The van der Waals surface area contributed by atoms with E-state index in [2.05, 4.69) is 5.10 Å². The van der Waals surface area contributed by atoms with Crippen LogP contribution in [0.3, 0.4) is 0 Å². The van der Waals surface area contributed by atoms with Crippen molar-refractivity contribution in [3.05, 3.63) is 81.6 Å². The lowest BCUT2D eigenvalue weighted by Gasteiger charge is -2.34. The molecule has 0 spiro atoms. The number of benzene rings is 2. The molecular weight excluding hydrogens is 450 g/mol. The van der Waals surface area contributed by atoms with Gasteiger partial charge in [-0.15, -0.1) is 5.10 Å². The molecule has 0 N–H and O–H groups in total. The smallest absolute Gasteiger partial charge is 0.271 e. The summed E-state index contributed by atoms with van der Waals surface area (Å²) in [4.78, 5) is 13.4. The molecule has 0 radical (unpaired) electrons. The third-order valence-electron chi connectivity index (χ3n) is 4.93. The van der Waals surface area contributed by atoms with Crippen molar-refractivity contribution in [2.75, 3.05) is 31.1 Å². The van der Waals surface area contributed by atoms with E-state index in [4.69, 9.17) is 11.6 Å². The first-order chi connectivity index (χ1) is 14.8. The number of piperazine rings is 1. The van der Waals surface area contributed by atoms with Crippen LogP contribution in [-0.2, 0) is 10.0 Å². The van der Waals surface area contributed by atoms with Crippen LogP contribution in [0.1, 0.15) is 0 Å². The molecule has 4 rings (SSSR count). The second-order valence-corrected chi connectivity index (χ2v) is 9.23. The summed E-state index contributed by atoms with van der Waals surface area (Å²) in [6, 6.07) is 11.9. The van der Waals surface area contributed by atoms with Gasteiger partial charge in [0.1, 0.15) is 22.3 Å². The van der Waals surface area contributed by atoms with Crippen molar-refractivity contribution >= 4 is 27.4 Å². The third-order valence-corrected chi connectivity index (χ3v) is 7.10. The fourth-order valence-corrected chi connectivity index (χ4v) is 4.93. The topological polar surface area (TPSA) is 75.5 Å². The molecule has 0 atom stereocenters. The summed E-state index contributed by atoms with van der Waals surface area (Å²) < 4.78 is 55.3. The number of hydrogen-bond donors (Lipinski definition) is 0. The Morgan fingerprint density at radius 2 is 1.58 bits per heavy atom. The lowest BCUT2D eigenvalue weighted by Crippen LogP contribution is -2.49. The molecule has 1 aromatic heterocycles. The van der Waals surface area contributed by atoms with Gasteiger partial charge in [-0.25, -0.2) is 17.2 Å². The Labute approximate surface area is 182 Å². The second kappa shape index (κ2) is 8.37. The van der Waals surface area contributed by atoms with Crippen LogP contribution >= 0.6 is 11.6 Å². The van der Waals surface area contributed by atoms with Crippen LogP contribution in [0.2, 0.25) is 5.02 Å². The zero-order valence-corrected chi connectivity index (χ0v) is 17.7. The first-order valence-corrected chi connectivity index (χ1v) is 11.1. The number of rotatable bonds is 4. The van der Waals surface area contributed by atoms with Crippen molar-refractivity contribution in [1.82, 2.24) is 14.1 Å². The quantitative estimate of drug-likeness (QED) is 0.591. The molecule has 31 heavy (non-hydrogen) atoms. The van der Waals surface area contributed by atoms with Crippen LogP contribution in [0, 0.1) is 11.6 Å². The largest absolute Gasteiger partial charge is 0.353 e. The lowest BCUT2D eigenvalue weighted by molar-refractivity contribution is 0.380. The van der Waals surface area contributed by atoms with Gasteiger partial charge in [0.15, 0.2) is 0 Å². The van der Waals surface area contributed by atoms with E-state index < -0.39 is 26.6 Å². The van der Waals surface area contributed by atoms with Crippen molar-refractivity contribution in [2.24, 2.45) is 0 Å². The van der Waals surface area contributed by atoms with E-state index >= 15 is 0 Å². The second-order valence-electron chi connectivity index (χ2n) is 6.88. The highest BCUT2D eigenvalue weighted by atomic mass is 35.5. The molecule has 0 aliphatic carbocycles. The molecule has 2 heterocycles. The van der Waals surface area contributed by atoms with Crippen LogP contribution in [0.15, 0.2) is 64.3 Å². The van der Waals surface area contributed by atoms with Crippen molar-refractivity contribution in [3.8, 4) is 5.69 Å². The standard InChI is InChI=1S/C20H17ClF2N4O3S/c21-14-1-4-16(5-2-14)27-20(28)8-7-19(24-27)25-9-11-26(12-10-25)31(29,30)18-13-15(22)3-6-17(18)23/h1-8,13H,9-12H2. The minimum atomic E-state index is -4.18. The fourth-order valence-electron chi connectivity index (χ4n) is 3.31. The summed E-state index contributed by atoms with van der Waals surface area (Å²) >= 11 is 5.89. The molecule has 1 aliphatic rings. The van der Waals surface area contributed by atoms with E-state index in [0.29, 0.717) is 22.6 Å². The van der Waals surface area contributed by atoms with Gasteiger partial charge in [-0.3, -0.25) is 4.79 Å². The van der Waals surface area contributed by atoms with E-state index in [1.807, 2.05) is 4.90 Å². The minimum Gasteiger partial charge on any atom is -0.353 e. The number of aromatic nitrogens is 2. The van der Waals surface area contributed by atoms with Gasteiger partial charge in [0.25, 0.3) is 5.56 Å². The molecule has 1 aliphatic heterocycles. The minimum absolute atomic E-state index is 0.0556. The molecule has 11 heteroatoms. The Morgan fingerprint density at radius 1 is 0.903 bits per heavy atom. The van der Waals surface area contributed by atoms with Crippen LogP contribution in [0.5, 0.6) is 0 Å². The van der Waals surface area contributed by atoms with Gasteiger partial charge in [-0.1, -0.05) is 11.6 Å². The highest BCUT2D eigenvalue weighted by Gasteiger charge is 2.31. The zero-order chi connectivity index (χ0) is 22.2. The van der Waals surface area contributed by atoms with Gasteiger partial charge in [0.05, 0.1) is 5.69 Å². The van der Waals surface area contributed by atoms with Crippen LogP contribution in [-0.4, -0.2) is 48.7 Å². The molecule has 0 amide bonds. The summed E-state index contributed by atoms with van der Waals surface area (Å²) in [5.41, 5.74) is 0.216. The molecule has 3 aromatic rings. The van der Waals surface area contributed by atoms with Crippen LogP contribution < -0.4 is 10.5 Å². The summed E-state index contributed by atoms with van der Waals surface area (Å²) in [5.74, 6) is -1.34. The van der Waals surface area contributed by atoms with Gasteiger partial charge < -0.3 is 4.90 Å². The van der Waals surface area contributed by atoms with E-state index in [1.54, 1.807) is 30.3 Å². The van der Waals surface area contributed by atoms with Crippen molar-refractivity contribution < 1.29 is 17.2 Å². The Kier molecular flexibility index (Phi) is 5.78. The maximum absolute atomic E-state index is 14.0. The van der Waals surface area contributed by atoms with Gasteiger partial charge in [0, 0.05) is 37.3 Å². The predicted molar refractivity (Wildman–Crippen MR) is 112 cm³/mol. The lowest BCUT2D eigenvalue weighted by atomic mass is 10.3. The predicted octanol–water partition coefficient (Wildman–Crippen LogP) is 2.68. The van der Waals surface area contributed by atoms with Crippen LogP contribution in [0.4, 0.5) is 14.6 Å². The Morgan fingerprint density at radius 3 is 2.26 bits per heavy atom. The number of nitrogens with zero attached hydrogens (tertiary/aromatic N) is 4. The Hall–Kier alpha value is -2.82. The molecule has 2 aromatic carbocycles. The molecule has 1 saturated heterocycles. The number of hydrogen-bond acceptors (Lipinski definition) is 5. The highest BCUT2D eigenvalue weighted by molar-refractivity contribution is 7.89. The maximum Gasteiger partial charge on any atom is 0.271 e. The number of halogens is 3. The summed E-state index contributed by atoms with van der Waals surface area (Å²) in [5, 5.41) is 4.90. The first kappa shape index (κ1) is 21.4. The number of sulfonamides is 1. The van der Waals surface area contributed by atoms with Gasteiger partial charge in [0.2, 0.25) is 10.0 Å². The van der Waals surface area contributed by atoms with Crippen molar-refractivity contribution in [2.45, 2.75) is 4.90 Å². The third kappa shape index (κ3) is 4.32. The molecule has 162 valence electrons. The fraction of sp³-hybridized carbons (Fsp3) is 0.200. The molecule has 0 bridgehead atoms.